The number of halogens is 3. The normalized spacial score (nSPS) is 11.0. The Balaban J connectivity index is 1.69. The first kappa shape index (κ1) is 19.2. The Morgan fingerprint density at radius 1 is 0.964 bits per heavy atom. The summed E-state index contributed by atoms with van der Waals surface area (Å²) in [7, 11) is 1.46. The van der Waals surface area contributed by atoms with Crippen molar-refractivity contribution in [1.82, 2.24) is 10.2 Å². The third-order valence-electron chi connectivity index (χ3n) is 3.72. The van der Waals surface area contributed by atoms with Gasteiger partial charge in [-0.3, -0.25) is 4.79 Å². The van der Waals surface area contributed by atoms with Crippen LogP contribution in [0.2, 0.25) is 0 Å². The predicted molar refractivity (Wildman–Crippen MR) is 97.7 cm³/mol. The monoisotopic (exact) mass is 388 g/mol. The number of nitrogens with one attached hydrogen (secondary N) is 2. The summed E-state index contributed by atoms with van der Waals surface area (Å²) in [5.41, 5.74) is -0.223. The lowest BCUT2D eigenvalue weighted by atomic mass is 10.2. The zero-order valence-electron chi connectivity index (χ0n) is 14.6. The number of alkyl halides is 3. The molecule has 0 fully saturated rings. The molecule has 6 nitrogen and oxygen atoms in total. The molecule has 0 aliphatic rings. The molecule has 3 rings (SSSR count). The van der Waals surface area contributed by atoms with Gasteiger partial charge in [-0.15, -0.1) is 10.2 Å². The lowest BCUT2D eigenvalue weighted by Gasteiger charge is -2.10. The van der Waals surface area contributed by atoms with E-state index in [1.54, 1.807) is 24.3 Å². The number of anilines is 3. The van der Waals surface area contributed by atoms with Gasteiger partial charge in [0.2, 0.25) is 0 Å². The molecule has 2 aromatic carbocycles. The first-order valence-corrected chi connectivity index (χ1v) is 8.09. The predicted octanol–water partition coefficient (Wildman–Crippen LogP) is 4.50. The number of hydrogen-bond acceptors (Lipinski definition) is 5. The molecule has 9 heteroatoms. The van der Waals surface area contributed by atoms with Crippen LogP contribution in [0.15, 0.2) is 60.7 Å². The van der Waals surface area contributed by atoms with Crippen LogP contribution < -0.4 is 15.4 Å². The number of hydrogen-bond donors (Lipinski definition) is 2. The van der Waals surface area contributed by atoms with E-state index in [2.05, 4.69) is 20.8 Å². The van der Waals surface area contributed by atoms with E-state index in [0.29, 0.717) is 11.3 Å². The van der Waals surface area contributed by atoms with Crippen LogP contribution in [-0.4, -0.2) is 23.2 Å². The fourth-order valence-corrected chi connectivity index (χ4v) is 2.40. The van der Waals surface area contributed by atoms with E-state index in [1.807, 2.05) is 0 Å². The van der Waals surface area contributed by atoms with E-state index >= 15 is 0 Å². The molecule has 2 N–H and O–H groups in total. The number of nitrogens with zero attached hydrogens (tertiary/aromatic N) is 2. The molecule has 0 spiro atoms. The van der Waals surface area contributed by atoms with E-state index in [1.165, 1.54) is 31.4 Å². The number of ether oxygens (including phenoxy) is 1. The van der Waals surface area contributed by atoms with Crippen molar-refractivity contribution in [3.8, 4) is 5.75 Å². The highest BCUT2D eigenvalue weighted by molar-refractivity contribution is 6.05. The second kappa shape index (κ2) is 7.95. The van der Waals surface area contributed by atoms with Crippen LogP contribution in [0.1, 0.15) is 15.9 Å². The highest BCUT2D eigenvalue weighted by Gasteiger charge is 2.30. The number of aromatic nitrogens is 2. The molecule has 28 heavy (non-hydrogen) atoms. The molecule has 3 aromatic rings. The number of carbonyl (C=O) groups is 1. The number of amides is 1. The zero-order valence-corrected chi connectivity index (χ0v) is 14.6. The van der Waals surface area contributed by atoms with Crippen molar-refractivity contribution in [2.24, 2.45) is 0 Å². The summed E-state index contributed by atoms with van der Waals surface area (Å²) in [6.45, 7) is 0. The minimum Gasteiger partial charge on any atom is -0.496 e. The summed E-state index contributed by atoms with van der Waals surface area (Å²) < 4.78 is 43.4. The lowest BCUT2D eigenvalue weighted by molar-refractivity contribution is -0.137. The summed E-state index contributed by atoms with van der Waals surface area (Å²) in [6, 6.07) is 14.4. The summed E-state index contributed by atoms with van der Waals surface area (Å²) in [4.78, 5) is 12.3. The number of para-hydroxylation sites is 1. The van der Waals surface area contributed by atoms with Gasteiger partial charge < -0.3 is 15.4 Å². The number of benzene rings is 2. The second-order valence-electron chi connectivity index (χ2n) is 5.66. The van der Waals surface area contributed by atoms with Gasteiger partial charge in [0.15, 0.2) is 11.6 Å². The summed E-state index contributed by atoms with van der Waals surface area (Å²) in [5, 5.41) is 13.1. The highest BCUT2D eigenvalue weighted by Crippen LogP contribution is 2.31. The van der Waals surface area contributed by atoms with Crippen LogP contribution in [0.3, 0.4) is 0 Å². The highest BCUT2D eigenvalue weighted by atomic mass is 19.4. The molecule has 1 heterocycles. The molecule has 0 aliphatic heterocycles. The SMILES string of the molecule is COc1ccccc1C(=O)Nc1ccc(Nc2cccc(C(F)(F)F)c2)nn1. The first-order valence-electron chi connectivity index (χ1n) is 8.09. The zero-order chi connectivity index (χ0) is 20.1. The average Bonchev–Trinajstić information content (AvgIpc) is 2.69. The molecule has 0 aliphatic carbocycles. The fourth-order valence-electron chi connectivity index (χ4n) is 2.40. The second-order valence-corrected chi connectivity index (χ2v) is 5.66. The Bertz CT molecular complexity index is 975. The Morgan fingerprint density at radius 3 is 2.36 bits per heavy atom. The number of rotatable bonds is 5. The van der Waals surface area contributed by atoms with Crippen molar-refractivity contribution in [1.29, 1.82) is 0 Å². The summed E-state index contributed by atoms with van der Waals surface area (Å²) >= 11 is 0. The quantitative estimate of drug-likeness (QED) is 0.673. The van der Waals surface area contributed by atoms with E-state index < -0.39 is 17.6 Å². The standard InChI is InChI=1S/C19H15F3N4O2/c1-28-15-8-3-2-7-14(15)18(27)24-17-10-9-16(25-26-17)23-13-6-4-5-12(11-13)19(20,21)22/h2-11H,1H3,(H,23,25)(H,24,26,27). The molecule has 144 valence electrons. The largest absolute Gasteiger partial charge is 0.496 e. The number of carbonyl (C=O) groups excluding carboxylic acids is 1. The molecule has 0 saturated carbocycles. The molecule has 0 atom stereocenters. The molecular weight excluding hydrogens is 373 g/mol. The van der Waals surface area contributed by atoms with Crippen LogP contribution in [0, 0.1) is 0 Å². The van der Waals surface area contributed by atoms with Crippen molar-refractivity contribution in [2.45, 2.75) is 6.18 Å². The third-order valence-corrected chi connectivity index (χ3v) is 3.72. The lowest BCUT2D eigenvalue weighted by Crippen LogP contribution is -2.14. The smallest absolute Gasteiger partial charge is 0.416 e. The van der Waals surface area contributed by atoms with Gasteiger partial charge in [0.25, 0.3) is 5.91 Å². The Morgan fingerprint density at radius 2 is 1.68 bits per heavy atom. The topological polar surface area (TPSA) is 76.1 Å². The van der Waals surface area contributed by atoms with E-state index in [-0.39, 0.29) is 17.3 Å². The molecule has 0 unspecified atom stereocenters. The molecule has 1 amide bonds. The fraction of sp³-hybridized carbons (Fsp3) is 0.105. The Labute approximate surface area is 158 Å². The van der Waals surface area contributed by atoms with Gasteiger partial charge in [0.05, 0.1) is 18.2 Å². The molecule has 0 saturated heterocycles. The van der Waals surface area contributed by atoms with Crippen molar-refractivity contribution < 1.29 is 22.7 Å². The first-order chi connectivity index (χ1) is 13.4. The van der Waals surface area contributed by atoms with Crippen LogP contribution in [0.25, 0.3) is 0 Å². The van der Waals surface area contributed by atoms with E-state index in [9.17, 15) is 18.0 Å². The van der Waals surface area contributed by atoms with Gasteiger partial charge in [-0.05, 0) is 42.5 Å². The van der Waals surface area contributed by atoms with Gasteiger partial charge in [-0.25, -0.2) is 0 Å². The van der Waals surface area contributed by atoms with E-state index in [0.717, 1.165) is 12.1 Å². The van der Waals surface area contributed by atoms with Crippen molar-refractivity contribution in [3.05, 3.63) is 71.8 Å². The van der Waals surface area contributed by atoms with Crippen molar-refractivity contribution in [3.63, 3.8) is 0 Å². The minimum atomic E-state index is -4.43. The van der Waals surface area contributed by atoms with Crippen LogP contribution in [-0.2, 0) is 6.18 Å². The van der Waals surface area contributed by atoms with Crippen LogP contribution >= 0.6 is 0 Å². The van der Waals surface area contributed by atoms with Crippen LogP contribution in [0.5, 0.6) is 5.75 Å². The maximum absolute atomic E-state index is 12.8. The molecule has 0 radical (unpaired) electrons. The molecule has 0 bridgehead atoms. The maximum atomic E-state index is 12.8. The minimum absolute atomic E-state index is 0.186. The summed E-state index contributed by atoms with van der Waals surface area (Å²) in [6.07, 6.45) is -4.43. The maximum Gasteiger partial charge on any atom is 0.416 e. The van der Waals surface area contributed by atoms with Crippen molar-refractivity contribution in [2.75, 3.05) is 17.7 Å². The van der Waals surface area contributed by atoms with Gasteiger partial charge in [-0.2, -0.15) is 13.2 Å². The average molecular weight is 388 g/mol. The van der Waals surface area contributed by atoms with Gasteiger partial charge in [-0.1, -0.05) is 18.2 Å². The summed E-state index contributed by atoms with van der Waals surface area (Å²) in [5.74, 6) is 0.404. The van der Waals surface area contributed by atoms with Gasteiger partial charge >= 0.3 is 6.18 Å². The third kappa shape index (κ3) is 4.56. The Kier molecular flexibility index (Phi) is 5.44. The number of methoxy groups -OCH3 is 1. The van der Waals surface area contributed by atoms with Gasteiger partial charge in [0, 0.05) is 5.69 Å². The van der Waals surface area contributed by atoms with Gasteiger partial charge in [0.1, 0.15) is 5.75 Å². The van der Waals surface area contributed by atoms with E-state index in [4.69, 9.17) is 4.74 Å². The molecule has 1 aromatic heterocycles. The van der Waals surface area contributed by atoms with Crippen molar-refractivity contribution >= 4 is 23.2 Å². The Hall–Kier alpha value is -3.62. The molecular formula is C19H15F3N4O2. The van der Waals surface area contributed by atoms with Crippen LogP contribution in [0.4, 0.5) is 30.5 Å².